The highest BCUT2D eigenvalue weighted by molar-refractivity contribution is 5.70. The third-order valence-corrected chi connectivity index (χ3v) is 6.75. The normalized spacial score (nSPS) is 20.7. The molecule has 0 saturated carbocycles. The highest BCUT2D eigenvalue weighted by Gasteiger charge is 2.61. The number of nitrogens with zero attached hydrogens (tertiary/aromatic N) is 3. The van der Waals surface area contributed by atoms with Gasteiger partial charge in [0.1, 0.15) is 5.82 Å². The number of methoxy groups -OCH3 is 1. The van der Waals surface area contributed by atoms with E-state index in [2.05, 4.69) is 10.4 Å². The minimum atomic E-state index is -2.78. The molecule has 0 aliphatic carbocycles. The lowest BCUT2D eigenvalue weighted by atomic mass is 9.69. The van der Waals surface area contributed by atoms with E-state index in [1.807, 2.05) is 24.8 Å². The van der Waals surface area contributed by atoms with Crippen LogP contribution in [0.5, 0.6) is 0 Å². The summed E-state index contributed by atoms with van der Waals surface area (Å²) in [7, 11) is 1.29. The van der Waals surface area contributed by atoms with E-state index >= 15 is 0 Å². The van der Waals surface area contributed by atoms with E-state index < -0.39 is 29.0 Å². The zero-order valence-electron chi connectivity index (χ0n) is 18.6. The number of likely N-dealkylation sites (tertiary alicyclic amines) is 1. The van der Waals surface area contributed by atoms with Gasteiger partial charge in [-0.15, -0.1) is 0 Å². The molecule has 0 unspecified atom stereocenters. The van der Waals surface area contributed by atoms with E-state index in [0.717, 1.165) is 11.4 Å². The molecule has 174 valence electrons. The fraction of sp³-hybridized carbons (Fsp3) is 0.565. The maximum atomic E-state index is 14.9. The minimum Gasteiger partial charge on any atom is -0.469 e. The maximum absolute atomic E-state index is 14.9. The van der Waals surface area contributed by atoms with E-state index in [0.29, 0.717) is 30.8 Å². The topological polar surface area (TPSA) is 59.4 Å². The lowest BCUT2D eigenvalue weighted by Crippen LogP contribution is -2.70. The molecule has 1 atom stereocenters. The van der Waals surface area contributed by atoms with Crippen molar-refractivity contribution >= 4 is 5.97 Å². The van der Waals surface area contributed by atoms with Crippen LogP contribution in [0.25, 0.3) is 5.69 Å². The number of esters is 1. The van der Waals surface area contributed by atoms with Crippen molar-refractivity contribution in [2.24, 2.45) is 5.41 Å². The second-order valence-electron chi connectivity index (χ2n) is 9.10. The number of rotatable bonds is 6. The van der Waals surface area contributed by atoms with Crippen LogP contribution in [0.4, 0.5) is 13.2 Å². The first-order chi connectivity index (χ1) is 15.1. The molecule has 2 saturated heterocycles. The molecule has 32 heavy (non-hydrogen) atoms. The van der Waals surface area contributed by atoms with Gasteiger partial charge in [-0.25, -0.2) is 17.9 Å². The van der Waals surface area contributed by atoms with Crippen molar-refractivity contribution in [1.82, 2.24) is 20.0 Å². The number of benzene rings is 1. The van der Waals surface area contributed by atoms with Gasteiger partial charge in [0, 0.05) is 31.2 Å². The maximum Gasteiger partial charge on any atom is 0.306 e. The predicted molar refractivity (Wildman–Crippen MR) is 114 cm³/mol. The van der Waals surface area contributed by atoms with Crippen molar-refractivity contribution in [2.75, 3.05) is 39.8 Å². The number of ether oxygens (including phenoxy) is 1. The van der Waals surface area contributed by atoms with Crippen LogP contribution in [-0.4, -0.2) is 66.4 Å². The average molecular weight is 451 g/mol. The highest BCUT2D eigenvalue weighted by Crippen LogP contribution is 2.49. The second kappa shape index (κ2) is 8.51. The fourth-order valence-corrected chi connectivity index (χ4v) is 5.01. The number of alkyl halides is 2. The SMILES string of the molecule is COC(=O)C[C@H](CN1CC2(CCNCC2(F)F)C1)c1cc(-n2nc(C)cc2C)ccc1F. The van der Waals surface area contributed by atoms with Gasteiger partial charge in [-0.3, -0.25) is 4.79 Å². The number of carbonyl (C=O) groups excluding carboxylic acids is 1. The third-order valence-electron chi connectivity index (χ3n) is 6.75. The van der Waals surface area contributed by atoms with Gasteiger partial charge in [-0.05, 0) is 56.6 Å². The first kappa shape index (κ1) is 22.8. The predicted octanol–water partition coefficient (Wildman–Crippen LogP) is 3.21. The quantitative estimate of drug-likeness (QED) is 0.685. The molecule has 3 heterocycles. The highest BCUT2D eigenvalue weighted by atomic mass is 19.3. The summed E-state index contributed by atoms with van der Waals surface area (Å²) in [6.45, 7) is 4.81. The van der Waals surface area contributed by atoms with Crippen molar-refractivity contribution in [3.05, 3.63) is 47.0 Å². The molecule has 1 aromatic heterocycles. The Morgan fingerprint density at radius 1 is 1.28 bits per heavy atom. The fourth-order valence-electron chi connectivity index (χ4n) is 5.01. The number of hydrogen-bond acceptors (Lipinski definition) is 5. The van der Waals surface area contributed by atoms with E-state index in [-0.39, 0.29) is 26.1 Å². The molecule has 0 bridgehead atoms. The van der Waals surface area contributed by atoms with Gasteiger partial charge in [-0.1, -0.05) is 0 Å². The summed E-state index contributed by atoms with van der Waals surface area (Å²) in [5, 5.41) is 7.21. The first-order valence-corrected chi connectivity index (χ1v) is 10.8. The number of carbonyl (C=O) groups is 1. The Morgan fingerprint density at radius 2 is 2.03 bits per heavy atom. The van der Waals surface area contributed by atoms with Crippen molar-refractivity contribution in [3.8, 4) is 5.69 Å². The molecule has 2 aliphatic rings. The Morgan fingerprint density at radius 3 is 2.66 bits per heavy atom. The summed E-state index contributed by atoms with van der Waals surface area (Å²) < 4.78 is 50.5. The standard InChI is InChI=1S/C23H29F3N4O2/c1-15-8-16(2)30(28-15)18-4-5-20(24)19(10-18)17(9-21(31)32-3)11-29-13-22(14-29)6-7-27-12-23(22,25)26/h4-5,8,10,17,27H,6-7,9,11-14H2,1-3H3/t17-/m1/s1. The molecule has 9 heteroatoms. The smallest absolute Gasteiger partial charge is 0.306 e. The summed E-state index contributed by atoms with van der Waals surface area (Å²) in [5.41, 5.74) is 1.75. The van der Waals surface area contributed by atoms with Gasteiger partial charge in [0.2, 0.25) is 0 Å². The molecule has 0 radical (unpaired) electrons. The lowest BCUT2D eigenvalue weighted by molar-refractivity contribution is -0.204. The molecule has 1 aromatic carbocycles. The Balaban J connectivity index is 1.58. The van der Waals surface area contributed by atoms with Gasteiger partial charge in [0.25, 0.3) is 5.92 Å². The van der Waals surface area contributed by atoms with Crippen molar-refractivity contribution in [3.63, 3.8) is 0 Å². The van der Waals surface area contributed by atoms with Crippen molar-refractivity contribution in [1.29, 1.82) is 0 Å². The molecule has 1 N–H and O–H groups in total. The van der Waals surface area contributed by atoms with E-state index in [1.165, 1.54) is 13.2 Å². The number of piperidine rings is 1. The zero-order valence-corrected chi connectivity index (χ0v) is 18.6. The van der Waals surface area contributed by atoms with Crippen LogP contribution >= 0.6 is 0 Å². The molecule has 4 rings (SSSR count). The number of nitrogens with one attached hydrogen (secondary N) is 1. The van der Waals surface area contributed by atoms with Crippen LogP contribution in [0.3, 0.4) is 0 Å². The van der Waals surface area contributed by atoms with E-state index in [9.17, 15) is 18.0 Å². The van der Waals surface area contributed by atoms with Crippen LogP contribution < -0.4 is 5.32 Å². The monoisotopic (exact) mass is 450 g/mol. The molecule has 1 spiro atoms. The van der Waals surface area contributed by atoms with Gasteiger partial charge >= 0.3 is 5.97 Å². The molecular weight excluding hydrogens is 421 g/mol. The zero-order chi connectivity index (χ0) is 23.1. The number of aromatic nitrogens is 2. The Bertz CT molecular complexity index is 1000. The van der Waals surface area contributed by atoms with Crippen LogP contribution in [0.2, 0.25) is 0 Å². The van der Waals surface area contributed by atoms with E-state index in [4.69, 9.17) is 4.74 Å². The Hall–Kier alpha value is -2.39. The third kappa shape index (κ3) is 4.15. The van der Waals surface area contributed by atoms with Crippen LogP contribution in [0.1, 0.15) is 35.7 Å². The number of halogens is 3. The van der Waals surface area contributed by atoms with Crippen LogP contribution in [-0.2, 0) is 9.53 Å². The minimum absolute atomic E-state index is 0.0323. The van der Waals surface area contributed by atoms with Crippen LogP contribution in [0.15, 0.2) is 24.3 Å². The van der Waals surface area contributed by atoms with Gasteiger partial charge < -0.3 is 15.0 Å². The van der Waals surface area contributed by atoms with Crippen molar-refractivity contribution in [2.45, 2.75) is 38.5 Å². The Kier molecular flexibility index (Phi) is 6.06. The van der Waals surface area contributed by atoms with Crippen molar-refractivity contribution < 1.29 is 22.7 Å². The van der Waals surface area contributed by atoms with Crippen LogP contribution in [0, 0.1) is 25.1 Å². The van der Waals surface area contributed by atoms with Gasteiger partial charge in [0.05, 0.1) is 36.9 Å². The molecule has 0 amide bonds. The molecule has 6 nitrogen and oxygen atoms in total. The lowest BCUT2D eigenvalue weighted by Gasteiger charge is -2.56. The molecule has 2 aliphatic heterocycles. The van der Waals surface area contributed by atoms with E-state index in [1.54, 1.807) is 16.8 Å². The molecule has 2 fully saturated rings. The summed E-state index contributed by atoms with van der Waals surface area (Å²) in [5.74, 6) is -4.20. The van der Waals surface area contributed by atoms with Gasteiger partial charge in [-0.2, -0.15) is 5.10 Å². The van der Waals surface area contributed by atoms with Gasteiger partial charge in [0.15, 0.2) is 0 Å². The summed E-state index contributed by atoms with van der Waals surface area (Å²) in [6, 6.07) is 6.62. The first-order valence-electron chi connectivity index (χ1n) is 10.8. The largest absolute Gasteiger partial charge is 0.469 e. The average Bonchev–Trinajstić information content (AvgIpc) is 3.05. The second-order valence-corrected chi connectivity index (χ2v) is 9.10. The number of hydrogen-bond donors (Lipinski definition) is 1. The summed E-state index contributed by atoms with van der Waals surface area (Å²) >= 11 is 0. The number of aryl methyl sites for hydroxylation is 2. The molecular formula is C23H29F3N4O2. The molecule has 2 aromatic rings. The summed E-state index contributed by atoms with van der Waals surface area (Å²) in [6.07, 6.45) is 0.370. The summed E-state index contributed by atoms with van der Waals surface area (Å²) in [4.78, 5) is 14.0. The Labute approximate surface area is 185 Å².